The van der Waals surface area contributed by atoms with E-state index in [4.69, 9.17) is 0 Å². The Morgan fingerprint density at radius 3 is 2.66 bits per heavy atom. The largest absolute Gasteiger partial charge is 0.342 e. The monoisotopic (exact) mass is 437 g/mol. The zero-order valence-electron chi connectivity index (χ0n) is 20.0. The number of hydrogen-bond donors (Lipinski definition) is 2. The summed E-state index contributed by atoms with van der Waals surface area (Å²) in [6.07, 6.45) is 19.2. The molecule has 0 aromatic carbocycles. The van der Waals surface area contributed by atoms with Crippen LogP contribution < -0.4 is 10.6 Å². The van der Waals surface area contributed by atoms with E-state index in [0.717, 1.165) is 58.0 Å². The van der Waals surface area contributed by atoms with Gasteiger partial charge in [-0.2, -0.15) is 0 Å². The topological polar surface area (TPSA) is 61.4 Å². The Labute approximate surface area is 193 Å². The first kappa shape index (κ1) is 24.1. The molecule has 0 unspecified atom stereocenters. The van der Waals surface area contributed by atoms with E-state index >= 15 is 0 Å². The molecule has 1 heterocycles. The van der Waals surface area contributed by atoms with Gasteiger partial charge in [0.2, 0.25) is 5.91 Å². The normalized spacial score (nSPS) is 23.7. The highest BCUT2D eigenvalue weighted by Gasteiger charge is 2.30. The van der Waals surface area contributed by atoms with Gasteiger partial charge in [-0.25, -0.2) is 4.79 Å². The van der Waals surface area contributed by atoms with Crippen LogP contribution in [0.4, 0.5) is 4.79 Å². The van der Waals surface area contributed by atoms with Crippen molar-refractivity contribution in [1.29, 1.82) is 0 Å². The predicted molar refractivity (Wildman–Crippen MR) is 130 cm³/mol. The first-order chi connectivity index (χ1) is 15.3. The number of carbonyl (C=O) groups is 2. The Bertz CT molecular complexity index is 829. The molecule has 3 rings (SSSR count). The van der Waals surface area contributed by atoms with E-state index in [-0.39, 0.29) is 17.5 Å². The van der Waals surface area contributed by atoms with Gasteiger partial charge in [0.05, 0.1) is 0 Å². The van der Waals surface area contributed by atoms with Gasteiger partial charge < -0.3 is 15.5 Å². The molecule has 2 N–H and O–H groups in total. The lowest BCUT2D eigenvalue weighted by Gasteiger charge is -2.32. The zero-order valence-corrected chi connectivity index (χ0v) is 20.0. The van der Waals surface area contributed by atoms with Crippen LogP contribution in [0.2, 0.25) is 0 Å². The van der Waals surface area contributed by atoms with E-state index in [1.54, 1.807) is 0 Å². The van der Waals surface area contributed by atoms with Crippen molar-refractivity contribution >= 4 is 11.9 Å². The van der Waals surface area contributed by atoms with Crippen LogP contribution in [0.1, 0.15) is 65.7 Å². The van der Waals surface area contributed by atoms with Crippen molar-refractivity contribution in [2.24, 2.45) is 11.8 Å². The smallest absolute Gasteiger partial charge is 0.315 e. The van der Waals surface area contributed by atoms with Gasteiger partial charge in [-0.3, -0.25) is 4.79 Å². The minimum atomic E-state index is -0.229. The van der Waals surface area contributed by atoms with Crippen molar-refractivity contribution in [3.63, 3.8) is 0 Å². The van der Waals surface area contributed by atoms with E-state index in [1.165, 1.54) is 11.1 Å². The highest BCUT2D eigenvalue weighted by molar-refractivity contribution is 5.79. The third-order valence-corrected chi connectivity index (χ3v) is 6.41. The van der Waals surface area contributed by atoms with E-state index < -0.39 is 0 Å². The second-order valence-electron chi connectivity index (χ2n) is 10.3. The van der Waals surface area contributed by atoms with Crippen molar-refractivity contribution in [1.82, 2.24) is 15.5 Å². The second kappa shape index (κ2) is 11.4. The van der Waals surface area contributed by atoms with Crippen LogP contribution >= 0.6 is 0 Å². The van der Waals surface area contributed by atoms with E-state index in [2.05, 4.69) is 39.5 Å². The molecule has 5 nitrogen and oxygen atoms in total. The van der Waals surface area contributed by atoms with Crippen molar-refractivity contribution < 1.29 is 9.59 Å². The van der Waals surface area contributed by atoms with Crippen LogP contribution in [0.3, 0.4) is 0 Å². The summed E-state index contributed by atoms with van der Waals surface area (Å²) in [5.41, 5.74) is 5.59. The Kier molecular flexibility index (Phi) is 8.58. The van der Waals surface area contributed by atoms with E-state index in [9.17, 15) is 9.59 Å². The first-order valence-electron chi connectivity index (χ1n) is 12.1. The fourth-order valence-electron chi connectivity index (χ4n) is 4.66. The molecule has 1 aliphatic heterocycles. The molecule has 3 aliphatic rings. The molecule has 0 atom stereocenters. The van der Waals surface area contributed by atoms with Crippen LogP contribution in [0, 0.1) is 11.8 Å². The Hall–Kier alpha value is -2.52. The van der Waals surface area contributed by atoms with Crippen LogP contribution in [-0.2, 0) is 4.79 Å². The molecular formula is C27H39N3O2. The number of amides is 3. The Morgan fingerprint density at radius 2 is 1.91 bits per heavy atom. The lowest BCUT2D eigenvalue weighted by molar-refractivity contribution is -0.136. The molecule has 1 fully saturated rings. The lowest BCUT2D eigenvalue weighted by Crippen LogP contribution is -2.47. The molecule has 0 saturated heterocycles. The maximum absolute atomic E-state index is 13.2. The van der Waals surface area contributed by atoms with Gasteiger partial charge in [0, 0.05) is 31.1 Å². The van der Waals surface area contributed by atoms with Crippen LogP contribution in [0.25, 0.3) is 0 Å². The highest BCUT2D eigenvalue weighted by Crippen LogP contribution is 2.31. The number of allylic oxidation sites excluding steroid dienone is 5. The molecule has 1 saturated carbocycles. The predicted octanol–water partition coefficient (Wildman–Crippen LogP) is 5.04. The van der Waals surface area contributed by atoms with Crippen LogP contribution in [0.15, 0.2) is 53.3 Å². The van der Waals surface area contributed by atoms with Crippen LogP contribution in [-0.4, -0.2) is 42.0 Å². The molecule has 5 heteroatoms. The number of rotatable bonds is 5. The Morgan fingerprint density at radius 1 is 1.12 bits per heavy atom. The molecular weight excluding hydrogens is 398 g/mol. The molecule has 0 radical (unpaired) electrons. The van der Waals surface area contributed by atoms with Gasteiger partial charge in [0.25, 0.3) is 0 Å². The third-order valence-electron chi connectivity index (χ3n) is 6.41. The van der Waals surface area contributed by atoms with Crippen molar-refractivity contribution in [2.45, 2.75) is 71.3 Å². The maximum atomic E-state index is 13.2. The standard InChI is InChI=1S/C27H39N3O2/c1-27(2,3)29-26(32)28-20-23-12-14-24(15-13-23)25(31)30-17-8-11-22(16-18-30)19-21-9-6-4-5-7-10-21/h4,6-7,9-11,23-24H,8,12-20H2,1-3H3,(H2,28,29,32). The maximum Gasteiger partial charge on any atom is 0.315 e. The summed E-state index contributed by atoms with van der Waals surface area (Å²) >= 11 is 0. The fraction of sp³-hybridized carbons (Fsp3) is 0.593. The molecule has 2 aliphatic carbocycles. The molecule has 3 amide bonds. The summed E-state index contributed by atoms with van der Waals surface area (Å²) in [5.74, 6) is 0.934. The lowest BCUT2D eigenvalue weighted by atomic mass is 9.81. The summed E-state index contributed by atoms with van der Waals surface area (Å²) in [7, 11) is 0. The van der Waals surface area contributed by atoms with Crippen molar-refractivity contribution in [3.8, 4) is 0 Å². The summed E-state index contributed by atoms with van der Waals surface area (Å²) in [6, 6.07) is -0.106. The molecule has 0 spiro atoms. The fourth-order valence-corrected chi connectivity index (χ4v) is 4.66. The molecule has 32 heavy (non-hydrogen) atoms. The molecule has 0 bridgehead atoms. The summed E-state index contributed by atoms with van der Waals surface area (Å²) in [5, 5.41) is 5.93. The van der Waals surface area contributed by atoms with Gasteiger partial charge in [0.15, 0.2) is 0 Å². The highest BCUT2D eigenvalue weighted by atomic mass is 16.2. The van der Waals surface area contributed by atoms with Gasteiger partial charge in [-0.1, -0.05) is 29.9 Å². The number of nitrogens with zero attached hydrogens (tertiary/aromatic N) is 1. The molecule has 0 aromatic heterocycles. The number of nitrogens with one attached hydrogen (secondary N) is 2. The van der Waals surface area contributed by atoms with E-state index in [1.807, 2.05) is 39.0 Å². The number of urea groups is 1. The van der Waals surface area contributed by atoms with Gasteiger partial charge in [-0.05, 0) is 89.4 Å². The second-order valence-corrected chi connectivity index (χ2v) is 10.3. The molecule has 0 aromatic rings. The number of hydrogen-bond acceptors (Lipinski definition) is 2. The average Bonchev–Trinajstić information content (AvgIpc) is 3.14. The van der Waals surface area contributed by atoms with Crippen molar-refractivity contribution in [3.05, 3.63) is 53.3 Å². The first-order valence-corrected chi connectivity index (χ1v) is 12.1. The Balaban J connectivity index is 1.39. The van der Waals surface area contributed by atoms with Gasteiger partial charge in [-0.15, -0.1) is 5.73 Å². The SMILES string of the molecule is CC(C)(C)NC(=O)NCC1CCC(C(=O)N2CCC=C(CC3=CC=C=CC=C3)CC2)CC1. The quantitative estimate of drug-likeness (QED) is 0.468. The van der Waals surface area contributed by atoms with Gasteiger partial charge >= 0.3 is 6.03 Å². The molecule has 174 valence electrons. The minimum Gasteiger partial charge on any atom is -0.342 e. The summed E-state index contributed by atoms with van der Waals surface area (Å²) in [6.45, 7) is 8.27. The average molecular weight is 438 g/mol. The summed E-state index contributed by atoms with van der Waals surface area (Å²) in [4.78, 5) is 27.2. The minimum absolute atomic E-state index is 0.106. The van der Waals surface area contributed by atoms with E-state index in [0.29, 0.717) is 18.4 Å². The van der Waals surface area contributed by atoms with Crippen molar-refractivity contribution in [2.75, 3.05) is 19.6 Å². The third kappa shape index (κ3) is 7.87. The summed E-state index contributed by atoms with van der Waals surface area (Å²) < 4.78 is 0. The van der Waals surface area contributed by atoms with Gasteiger partial charge in [0.1, 0.15) is 0 Å². The number of carbonyl (C=O) groups excluding carboxylic acids is 2. The zero-order chi connectivity index (χ0) is 23.0. The van der Waals surface area contributed by atoms with Crippen LogP contribution in [0.5, 0.6) is 0 Å².